The molecule has 1 aromatic rings. The SMILES string of the molecule is CNCCc1nccc(NCCC2CCCCC2)n1. The molecule has 0 aliphatic heterocycles. The number of hydrogen-bond acceptors (Lipinski definition) is 4. The first-order valence-electron chi connectivity index (χ1n) is 7.59. The van der Waals surface area contributed by atoms with Gasteiger partial charge in [0.15, 0.2) is 0 Å². The quantitative estimate of drug-likeness (QED) is 0.793. The van der Waals surface area contributed by atoms with E-state index in [2.05, 4.69) is 20.6 Å². The summed E-state index contributed by atoms with van der Waals surface area (Å²) in [6.45, 7) is 1.96. The molecule has 4 heteroatoms. The Morgan fingerprint density at radius 2 is 2.05 bits per heavy atom. The van der Waals surface area contributed by atoms with Crippen molar-refractivity contribution in [3.63, 3.8) is 0 Å². The number of nitrogens with zero attached hydrogens (tertiary/aromatic N) is 2. The molecule has 0 radical (unpaired) electrons. The van der Waals surface area contributed by atoms with Crippen molar-refractivity contribution in [2.45, 2.75) is 44.9 Å². The lowest BCUT2D eigenvalue weighted by Crippen LogP contribution is -2.14. The normalized spacial score (nSPS) is 16.5. The molecule has 1 fully saturated rings. The lowest BCUT2D eigenvalue weighted by molar-refractivity contribution is 0.345. The summed E-state index contributed by atoms with van der Waals surface area (Å²) in [5.41, 5.74) is 0. The van der Waals surface area contributed by atoms with Crippen LogP contribution < -0.4 is 10.6 Å². The first-order valence-corrected chi connectivity index (χ1v) is 7.59. The van der Waals surface area contributed by atoms with Gasteiger partial charge in [0.05, 0.1) is 0 Å². The Morgan fingerprint density at radius 1 is 1.21 bits per heavy atom. The molecule has 1 aliphatic rings. The molecule has 0 atom stereocenters. The van der Waals surface area contributed by atoms with E-state index in [1.54, 1.807) is 0 Å². The van der Waals surface area contributed by atoms with E-state index in [9.17, 15) is 0 Å². The highest BCUT2D eigenvalue weighted by atomic mass is 15.0. The van der Waals surface area contributed by atoms with Crippen LogP contribution in [0.1, 0.15) is 44.3 Å². The Balaban J connectivity index is 1.72. The van der Waals surface area contributed by atoms with E-state index in [4.69, 9.17) is 0 Å². The molecule has 0 saturated heterocycles. The largest absolute Gasteiger partial charge is 0.370 e. The molecule has 106 valence electrons. The van der Waals surface area contributed by atoms with Crippen molar-refractivity contribution in [1.82, 2.24) is 15.3 Å². The minimum absolute atomic E-state index is 0.884. The standard InChI is InChI=1S/C15H26N4/c1-16-10-8-14-18-12-9-15(19-14)17-11-7-13-5-3-2-4-6-13/h9,12-13,16H,2-8,10-11H2,1H3,(H,17,18,19). The predicted octanol–water partition coefficient (Wildman–Crippen LogP) is 2.62. The van der Waals surface area contributed by atoms with Gasteiger partial charge in [0.1, 0.15) is 11.6 Å². The Hall–Kier alpha value is -1.16. The van der Waals surface area contributed by atoms with Gasteiger partial charge in [-0.2, -0.15) is 0 Å². The van der Waals surface area contributed by atoms with Crippen molar-refractivity contribution < 1.29 is 0 Å². The molecule has 0 spiro atoms. The average molecular weight is 262 g/mol. The highest BCUT2D eigenvalue weighted by Gasteiger charge is 2.12. The number of anilines is 1. The van der Waals surface area contributed by atoms with Crippen LogP contribution in [-0.4, -0.2) is 30.1 Å². The van der Waals surface area contributed by atoms with Crippen molar-refractivity contribution in [3.8, 4) is 0 Å². The lowest BCUT2D eigenvalue weighted by atomic mass is 9.87. The number of hydrogen-bond donors (Lipinski definition) is 2. The zero-order valence-electron chi connectivity index (χ0n) is 12.0. The summed E-state index contributed by atoms with van der Waals surface area (Å²) in [4.78, 5) is 8.81. The summed E-state index contributed by atoms with van der Waals surface area (Å²) >= 11 is 0. The van der Waals surface area contributed by atoms with Gasteiger partial charge in [-0.05, 0) is 25.5 Å². The highest BCUT2D eigenvalue weighted by molar-refractivity contribution is 5.32. The molecular formula is C15H26N4. The molecule has 19 heavy (non-hydrogen) atoms. The fraction of sp³-hybridized carbons (Fsp3) is 0.733. The van der Waals surface area contributed by atoms with Crippen LogP contribution in [0.4, 0.5) is 5.82 Å². The van der Waals surface area contributed by atoms with E-state index >= 15 is 0 Å². The topological polar surface area (TPSA) is 49.8 Å². The van der Waals surface area contributed by atoms with Gasteiger partial charge in [-0.25, -0.2) is 9.97 Å². The predicted molar refractivity (Wildman–Crippen MR) is 79.3 cm³/mol. The number of rotatable bonds is 7. The van der Waals surface area contributed by atoms with E-state index in [1.165, 1.54) is 38.5 Å². The van der Waals surface area contributed by atoms with Crippen molar-refractivity contribution in [2.24, 2.45) is 5.92 Å². The zero-order valence-corrected chi connectivity index (χ0v) is 12.0. The fourth-order valence-corrected chi connectivity index (χ4v) is 2.73. The van der Waals surface area contributed by atoms with Gasteiger partial charge >= 0.3 is 0 Å². The molecule has 2 N–H and O–H groups in total. The number of nitrogens with one attached hydrogen (secondary N) is 2. The van der Waals surface area contributed by atoms with E-state index < -0.39 is 0 Å². The lowest BCUT2D eigenvalue weighted by Gasteiger charge is -2.21. The summed E-state index contributed by atoms with van der Waals surface area (Å²) in [6, 6.07) is 1.96. The Labute approximate surface area is 116 Å². The van der Waals surface area contributed by atoms with Crippen LogP contribution in [0.2, 0.25) is 0 Å². The Bertz CT molecular complexity index is 361. The van der Waals surface area contributed by atoms with Crippen LogP contribution >= 0.6 is 0 Å². The minimum Gasteiger partial charge on any atom is -0.370 e. The minimum atomic E-state index is 0.884. The first kappa shape index (κ1) is 14.3. The van der Waals surface area contributed by atoms with Crippen molar-refractivity contribution >= 4 is 5.82 Å². The second-order valence-electron chi connectivity index (χ2n) is 5.43. The third-order valence-corrected chi connectivity index (χ3v) is 3.89. The van der Waals surface area contributed by atoms with E-state index in [1.807, 2.05) is 19.3 Å². The van der Waals surface area contributed by atoms with Gasteiger partial charge in [0.25, 0.3) is 0 Å². The molecule has 1 saturated carbocycles. The maximum absolute atomic E-state index is 4.53. The molecule has 0 amide bonds. The van der Waals surface area contributed by atoms with Gasteiger partial charge in [-0.1, -0.05) is 32.1 Å². The van der Waals surface area contributed by atoms with E-state index in [0.29, 0.717) is 0 Å². The number of likely N-dealkylation sites (N-methyl/N-ethyl adjacent to an activating group) is 1. The summed E-state index contributed by atoms with van der Waals surface area (Å²) in [6.07, 6.45) is 11.1. The average Bonchev–Trinajstić information content (AvgIpc) is 2.47. The van der Waals surface area contributed by atoms with Crippen LogP contribution in [0.3, 0.4) is 0 Å². The van der Waals surface area contributed by atoms with Crippen LogP contribution in [0, 0.1) is 5.92 Å². The van der Waals surface area contributed by atoms with Crippen molar-refractivity contribution in [1.29, 1.82) is 0 Å². The summed E-state index contributed by atoms with van der Waals surface area (Å²) in [7, 11) is 1.95. The third-order valence-electron chi connectivity index (χ3n) is 3.89. The zero-order chi connectivity index (χ0) is 13.3. The Kier molecular flexibility index (Phi) is 6.08. The van der Waals surface area contributed by atoms with Crippen LogP contribution in [0.25, 0.3) is 0 Å². The second-order valence-corrected chi connectivity index (χ2v) is 5.43. The second kappa shape index (κ2) is 8.10. The van der Waals surface area contributed by atoms with E-state index in [-0.39, 0.29) is 0 Å². The van der Waals surface area contributed by atoms with Gasteiger partial charge in [0.2, 0.25) is 0 Å². The van der Waals surface area contributed by atoms with Crippen LogP contribution in [0.5, 0.6) is 0 Å². The van der Waals surface area contributed by atoms with Gasteiger partial charge in [-0.15, -0.1) is 0 Å². The van der Waals surface area contributed by atoms with Gasteiger partial charge in [0, 0.05) is 25.7 Å². The van der Waals surface area contributed by atoms with Gasteiger partial charge in [-0.3, -0.25) is 0 Å². The molecule has 4 nitrogen and oxygen atoms in total. The summed E-state index contributed by atoms with van der Waals surface area (Å²) in [5.74, 6) is 2.81. The summed E-state index contributed by atoms with van der Waals surface area (Å²) in [5, 5.41) is 6.56. The first-order chi connectivity index (χ1) is 9.38. The molecule has 1 heterocycles. The highest BCUT2D eigenvalue weighted by Crippen LogP contribution is 2.26. The molecule has 0 aromatic carbocycles. The van der Waals surface area contributed by atoms with Crippen LogP contribution in [-0.2, 0) is 6.42 Å². The monoisotopic (exact) mass is 262 g/mol. The molecular weight excluding hydrogens is 236 g/mol. The smallest absolute Gasteiger partial charge is 0.131 e. The molecule has 1 aliphatic carbocycles. The van der Waals surface area contributed by atoms with Crippen LogP contribution in [0.15, 0.2) is 12.3 Å². The molecule has 2 rings (SSSR count). The van der Waals surface area contributed by atoms with Crippen molar-refractivity contribution in [3.05, 3.63) is 18.1 Å². The molecule has 1 aromatic heterocycles. The summed E-state index contributed by atoms with van der Waals surface area (Å²) < 4.78 is 0. The third kappa shape index (κ3) is 5.15. The van der Waals surface area contributed by atoms with E-state index in [0.717, 1.165) is 37.1 Å². The maximum atomic E-state index is 4.53. The Morgan fingerprint density at radius 3 is 2.84 bits per heavy atom. The fourth-order valence-electron chi connectivity index (χ4n) is 2.73. The maximum Gasteiger partial charge on any atom is 0.131 e. The molecule has 0 unspecified atom stereocenters. The van der Waals surface area contributed by atoms with Crippen molar-refractivity contribution in [2.75, 3.05) is 25.5 Å². The molecule has 0 bridgehead atoms. The number of aromatic nitrogens is 2. The van der Waals surface area contributed by atoms with Gasteiger partial charge < -0.3 is 10.6 Å².